The Balaban J connectivity index is 2.42. The van der Waals surface area contributed by atoms with Crippen LogP contribution in [0.1, 0.15) is 12.5 Å². The van der Waals surface area contributed by atoms with Gasteiger partial charge in [0.15, 0.2) is 11.6 Å². The summed E-state index contributed by atoms with van der Waals surface area (Å²) in [5.74, 6) is -1.38. The minimum absolute atomic E-state index is 0.0217. The van der Waals surface area contributed by atoms with Gasteiger partial charge < -0.3 is 4.74 Å². The summed E-state index contributed by atoms with van der Waals surface area (Å²) in [5, 5.41) is 10.6. The number of rotatable bonds is 2. The second-order valence-electron chi connectivity index (χ2n) is 3.52. The highest BCUT2D eigenvalue weighted by molar-refractivity contribution is 6.06. The molecule has 2 rings (SSSR count). The second kappa shape index (κ2) is 4.36. The molecular formula is C11H7FN2O4. The fourth-order valence-electron chi connectivity index (χ4n) is 1.43. The second-order valence-corrected chi connectivity index (χ2v) is 3.52. The first kappa shape index (κ1) is 11.9. The molecule has 0 fully saturated rings. The number of ether oxygens (including phenoxy) is 1. The number of esters is 1. The number of benzene rings is 1. The summed E-state index contributed by atoms with van der Waals surface area (Å²) in [6.45, 7) is 1.51. The standard InChI is InChI=1S/C11H7FN2O4/c1-6-13-9(11(15)18-6)4-7-2-3-8(12)10(5-7)14(16)17/h2-5H,1H3/b9-4+. The van der Waals surface area contributed by atoms with Crippen LogP contribution in [-0.2, 0) is 9.53 Å². The van der Waals surface area contributed by atoms with E-state index in [2.05, 4.69) is 9.73 Å². The average molecular weight is 250 g/mol. The molecule has 6 nitrogen and oxygen atoms in total. The van der Waals surface area contributed by atoms with E-state index in [0.29, 0.717) is 5.56 Å². The molecule has 0 aliphatic carbocycles. The van der Waals surface area contributed by atoms with Gasteiger partial charge in [-0.25, -0.2) is 9.79 Å². The third-order valence-corrected chi connectivity index (χ3v) is 2.20. The van der Waals surface area contributed by atoms with Gasteiger partial charge in [-0.15, -0.1) is 0 Å². The summed E-state index contributed by atoms with van der Waals surface area (Å²) in [5.41, 5.74) is -0.335. The number of nitrogens with zero attached hydrogens (tertiary/aromatic N) is 2. The molecule has 0 saturated heterocycles. The van der Waals surface area contributed by atoms with E-state index in [9.17, 15) is 19.3 Å². The molecule has 0 aromatic heterocycles. The lowest BCUT2D eigenvalue weighted by atomic mass is 10.1. The fraction of sp³-hybridized carbons (Fsp3) is 0.0909. The van der Waals surface area contributed by atoms with E-state index in [-0.39, 0.29) is 11.6 Å². The first-order chi connectivity index (χ1) is 8.47. The normalized spacial score (nSPS) is 16.7. The molecule has 0 radical (unpaired) electrons. The van der Waals surface area contributed by atoms with Crippen LogP contribution < -0.4 is 0 Å². The first-order valence-corrected chi connectivity index (χ1v) is 4.90. The fourth-order valence-corrected chi connectivity index (χ4v) is 1.43. The van der Waals surface area contributed by atoms with Crippen LogP contribution in [0.25, 0.3) is 6.08 Å². The van der Waals surface area contributed by atoms with Crippen molar-refractivity contribution in [2.75, 3.05) is 0 Å². The molecule has 1 aromatic carbocycles. The van der Waals surface area contributed by atoms with E-state index < -0.39 is 22.4 Å². The zero-order valence-electron chi connectivity index (χ0n) is 9.21. The Morgan fingerprint density at radius 1 is 1.50 bits per heavy atom. The maximum Gasteiger partial charge on any atom is 0.363 e. The minimum Gasteiger partial charge on any atom is -0.407 e. The van der Waals surface area contributed by atoms with Crippen molar-refractivity contribution < 1.29 is 18.8 Å². The van der Waals surface area contributed by atoms with Gasteiger partial charge in [-0.3, -0.25) is 10.1 Å². The number of nitro groups is 1. The summed E-state index contributed by atoms with van der Waals surface area (Å²) in [4.78, 5) is 24.8. The SMILES string of the molecule is CC1=N/C(=C/c2ccc(F)c([N+](=O)[O-])c2)C(=O)O1. The van der Waals surface area contributed by atoms with E-state index in [4.69, 9.17) is 0 Å². The van der Waals surface area contributed by atoms with Gasteiger partial charge in [-0.05, 0) is 17.7 Å². The van der Waals surface area contributed by atoms with Crippen LogP contribution in [0.15, 0.2) is 28.9 Å². The van der Waals surface area contributed by atoms with Gasteiger partial charge in [0, 0.05) is 13.0 Å². The lowest BCUT2D eigenvalue weighted by Crippen LogP contribution is -2.00. The summed E-state index contributed by atoms with van der Waals surface area (Å²) in [6.07, 6.45) is 1.30. The molecule has 0 saturated carbocycles. The number of carbonyl (C=O) groups is 1. The van der Waals surface area contributed by atoms with Crippen molar-refractivity contribution in [3.8, 4) is 0 Å². The number of hydrogen-bond acceptors (Lipinski definition) is 5. The van der Waals surface area contributed by atoms with Gasteiger partial charge in [0.05, 0.1) is 4.92 Å². The summed E-state index contributed by atoms with van der Waals surface area (Å²) in [7, 11) is 0. The molecule has 92 valence electrons. The zero-order chi connectivity index (χ0) is 13.3. The highest BCUT2D eigenvalue weighted by atomic mass is 19.1. The average Bonchev–Trinajstić information content (AvgIpc) is 2.60. The lowest BCUT2D eigenvalue weighted by molar-refractivity contribution is -0.387. The Hall–Kier alpha value is -2.57. The Kier molecular flexibility index (Phi) is 2.88. The molecule has 0 spiro atoms. The van der Waals surface area contributed by atoms with Crippen LogP contribution in [-0.4, -0.2) is 16.8 Å². The van der Waals surface area contributed by atoms with Crippen LogP contribution in [0.5, 0.6) is 0 Å². The van der Waals surface area contributed by atoms with Gasteiger partial charge >= 0.3 is 11.7 Å². The van der Waals surface area contributed by atoms with Crippen molar-refractivity contribution >= 4 is 23.6 Å². The topological polar surface area (TPSA) is 81.8 Å². The van der Waals surface area contributed by atoms with Crippen LogP contribution in [0.4, 0.5) is 10.1 Å². The number of aliphatic imine (C=N–C) groups is 1. The predicted molar refractivity (Wildman–Crippen MR) is 60.2 cm³/mol. The van der Waals surface area contributed by atoms with Gasteiger partial charge in [0.25, 0.3) is 0 Å². The highest BCUT2D eigenvalue weighted by Gasteiger charge is 2.20. The molecular weight excluding hydrogens is 243 g/mol. The third kappa shape index (κ3) is 2.24. The van der Waals surface area contributed by atoms with Crippen molar-refractivity contribution in [3.63, 3.8) is 0 Å². The third-order valence-electron chi connectivity index (χ3n) is 2.20. The molecule has 0 unspecified atom stereocenters. The van der Waals surface area contributed by atoms with Gasteiger partial charge in [0.2, 0.25) is 5.82 Å². The van der Waals surface area contributed by atoms with Crippen molar-refractivity contribution in [1.29, 1.82) is 0 Å². The smallest absolute Gasteiger partial charge is 0.363 e. The van der Waals surface area contributed by atoms with E-state index in [1.807, 2.05) is 0 Å². The molecule has 1 aromatic rings. The molecule has 18 heavy (non-hydrogen) atoms. The zero-order valence-corrected chi connectivity index (χ0v) is 9.21. The minimum atomic E-state index is -0.934. The molecule has 0 atom stereocenters. The van der Waals surface area contributed by atoms with E-state index in [0.717, 1.165) is 12.1 Å². The Morgan fingerprint density at radius 3 is 2.78 bits per heavy atom. The number of cyclic esters (lactones) is 1. The van der Waals surface area contributed by atoms with E-state index in [1.54, 1.807) is 0 Å². The number of nitro benzene ring substituents is 1. The lowest BCUT2D eigenvalue weighted by Gasteiger charge is -1.96. The Morgan fingerprint density at radius 2 is 2.22 bits per heavy atom. The quantitative estimate of drug-likeness (QED) is 0.348. The maximum atomic E-state index is 13.1. The van der Waals surface area contributed by atoms with E-state index >= 15 is 0 Å². The van der Waals surface area contributed by atoms with Gasteiger partial charge in [-0.2, -0.15) is 4.39 Å². The summed E-state index contributed by atoms with van der Waals surface area (Å²) < 4.78 is 17.8. The molecule has 1 heterocycles. The number of hydrogen-bond donors (Lipinski definition) is 0. The molecule has 0 amide bonds. The van der Waals surface area contributed by atoms with Gasteiger partial charge in [0.1, 0.15) is 0 Å². The van der Waals surface area contributed by atoms with Crippen molar-refractivity contribution in [3.05, 3.63) is 45.4 Å². The number of halogens is 1. The molecule has 1 aliphatic rings. The van der Waals surface area contributed by atoms with Gasteiger partial charge in [-0.1, -0.05) is 6.07 Å². The number of carbonyl (C=O) groups excluding carboxylic acids is 1. The highest BCUT2D eigenvalue weighted by Crippen LogP contribution is 2.21. The summed E-state index contributed by atoms with van der Waals surface area (Å²) >= 11 is 0. The molecule has 1 aliphatic heterocycles. The predicted octanol–water partition coefficient (Wildman–Crippen LogP) is 2.05. The maximum absolute atomic E-state index is 13.1. The first-order valence-electron chi connectivity index (χ1n) is 4.90. The largest absolute Gasteiger partial charge is 0.407 e. The van der Waals surface area contributed by atoms with Crippen LogP contribution in [0.3, 0.4) is 0 Å². The van der Waals surface area contributed by atoms with Crippen LogP contribution in [0.2, 0.25) is 0 Å². The Labute approximate surface area is 101 Å². The Bertz CT molecular complexity index is 607. The molecule has 7 heteroatoms. The van der Waals surface area contributed by atoms with Crippen molar-refractivity contribution in [1.82, 2.24) is 0 Å². The van der Waals surface area contributed by atoms with Crippen molar-refractivity contribution in [2.45, 2.75) is 6.92 Å². The summed E-state index contributed by atoms with van der Waals surface area (Å²) in [6, 6.07) is 3.30. The van der Waals surface area contributed by atoms with Crippen molar-refractivity contribution in [2.24, 2.45) is 4.99 Å². The van der Waals surface area contributed by atoms with Crippen LogP contribution >= 0.6 is 0 Å². The molecule has 0 bridgehead atoms. The monoisotopic (exact) mass is 250 g/mol. The molecule has 0 N–H and O–H groups in total. The van der Waals surface area contributed by atoms with E-state index in [1.165, 1.54) is 19.1 Å². The van der Waals surface area contributed by atoms with Crippen LogP contribution in [0, 0.1) is 15.9 Å².